The summed E-state index contributed by atoms with van der Waals surface area (Å²) in [6.07, 6.45) is 7.62. The van der Waals surface area contributed by atoms with Crippen LogP contribution in [0.1, 0.15) is 32.6 Å². The van der Waals surface area contributed by atoms with Crippen molar-refractivity contribution in [3.05, 3.63) is 12.7 Å². The van der Waals surface area contributed by atoms with Crippen LogP contribution in [0.25, 0.3) is 0 Å². The van der Waals surface area contributed by atoms with Gasteiger partial charge in [0, 0.05) is 0 Å². The van der Waals surface area contributed by atoms with E-state index in [1.165, 1.54) is 25.7 Å². The summed E-state index contributed by atoms with van der Waals surface area (Å²) in [5.41, 5.74) is 0. The van der Waals surface area contributed by atoms with E-state index in [9.17, 15) is 0 Å². The second-order valence-corrected chi connectivity index (χ2v) is 3.19. The Kier molecular flexibility index (Phi) is 2.32. The molecule has 0 aromatic rings. The van der Waals surface area contributed by atoms with E-state index in [-0.39, 0.29) is 0 Å². The monoisotopic (exact) mass is 124 g/mol. The van der Waals surface area contributed by atoms with Crippen LogP contribution < -0.4 is 0 Å². The van der Waals surface area contributed by atoms with E-state index in [1.807, 2.05) is 0 Å². The zero-order valence-corrected chi connectivity index (χ0v) is 6.27. The topological polar surface area (TPSA) is 0 Å². The minimum absolute atomic E-state index is 0.961. The maximum atomic E-state index is 3.76. The molecule has 1 aliphatic rings. The van der Waals surface area contributed by atoms with Gasteiger partial charge in [0.2, 0.25) is 0 Å². The van der Waals surface area contributed by atoms with Crippen LogP contribution in [0.4, 0.5) is 0 Å². The largest absolute Gasteiger partial charge is 0.103 e. The van der Waals surface area contributed by atoms with E-state index in [0.29, 0.717) is 0 Å². The van der Waals surface area contributed by atoms with Crippen LogP contribution in [-0.2, 0) is 0 Å². The van der Waals surface area contributed by atoms with Gasteiger partial charge in [0.1, 0.15) is 0 Å². The first-order valence-electron chi connectivity index (χ1n) is 3.95. The molecule has 0 N–H and O–H groups in total. The summed E-state index contributed by atoms with van der Waals surface area (Å²) in [7, 11) is 0. The Morgan fingerprint density at radius 1 is 1.56 bits per heavy atom. The fourth-order valence-electron chi connectivity index (χ4n) is 1.79. The molecule has 0 amide bonds. The number of hydrogen-bond donors (Lipinski definition) is 0. The lowest BCUT2D eigenvalue weighted by Gasteiger charge is -2.10. The molecule has 9 heavy (non-hydrogen) atoms. The molecule has 2 atom stereocenters. The van der Waals surface area contributed by atoms with Crippen LogP contribution in [0.3, 0.4) is 0 Å². The molecule has 0 aromatic carbocycles. The Morgan fingerprint density at radius 3 is 2.78 bits per heavy atom. The van der Waals surface area contributed by atoms with Gasteiger partial charge in [-0.15, -0.1) is 6.58 Å². The van der Waals surface area contributed by atoms with Crippen LogP contribution in [0.5, 0.6) is 0 Å². The summed E-state index contributed by atoms with van der Waals surface area (Å²) in [6, 6.07) is 0. The molecule has 0 aromatic heterocycles. The van der Waals surface area contributed by atoms with Crippen LogP contribution in [-0.4, -0.2) is 0 Å². The van der Waals surface area contributed by atoms with Crippen molar-refractivity contribution in [2.45, 2.75) is 32.6 Å². The third-order valence-electron chi connectivity index (χ3n) is 2.51. The van der Waals surface area contributed by atoms with Crippen molar-refractivity contribution in [3.8, 4) is 0 Å². The average Bonchev–Trinajstić information content (AvgIpc) is 2.18. The molecule has 0 aliphatic heterocycles. The van der Waals surface area contributed by atoms with Crippen molar-refractivity contribution in [2.24, 2.45) is 11.8 Å². The summed E-state index contributed by atoms with van der Waals surface area (Å²) >= 11 is 0. The van der Waals surface area contributed by atoms with Gasteiger partial charge in [-0.05, 0) is 24.7 Å². The first-order valence-corrected chi connectivity index (χ1v) is 3.95. The molecule has 0 heterocycles. The smallest absolute Gasteiger partial charge is 0.0322 e. The lowest BCUT2D eigenvalue weighted by Crippen LogP contribution is -2.01. The Bertz CT molecular complexity index is 94.2. The molecule has 1 saturated carbocycles. The second kappa shape index (κ2) is 3.05. The fourth-order valence-corrected chi connectivity index (χ4v) is 1.79. The first kappa shape index (κ1) is 6.85. The van der Waals surface area contributed by atoms with Gasteiger partial charge >= 0.3 is 0 Å². The third kappa shape index (κ3) is 1.57. The zero-order valence-electron chi connectivity index (χ0n) is 6.27. The molecule has 1 aliphatic carbocycles. The van der Waals surface area contributed by atoms with Crippen LogP contribution in [0.2, 0.25) is 0 Å². The molecule has 0 bridgehead atoms. The predicted octanol–water partition coefficient (Wildman–Crippen LogP) is 3.00. The highest BCUT2D eigenvalue weighted by atomic mass is 14.3. The first-order chi connectivity index (χ1) is 4.34. The van der Waals surface area contributed by atoms with E-state index in [1.54, 1.807) is 0 Å². The average molecular weight is 124 g/mol. The zero-order chi connectivity index (χ0) is 6.69. The SMILES string of the molecule is C=CC[C@@H]1CCC[C@@H]1C. The van der Waals surface area contributed by atoms with E-state index < -0.39 is 0 Å². The molecule has 0 unspecified atom stereocenters. The standard InChI is InChI=1S/C9H16/c1-3-5-9-7-4-6-8(9)2/h3,8-9H,1,4-7H2,2H3/t8-,9+/m0/s1. The molecule has 1 rings (SSSR count). The Balaban J connectivity index is 2.30. The molecular formula is C9H16. The van der Waals surface area contributed by atoms with Gasteiger partial charge < -0.3 is 0 Å². The van der Waals surface area contributed by atoms with Crippen molar-refractivity contribution in [2.75, 3.05) is 0 Å². The van der Waals surface area contributed by atoms with E-state index >= 15 is 0 Å². The highest BCUT2D eigenvalue weighted by Crippen LogP contribution is 2.33. The maximum absolute atomic E-state index is 3.76. The normalized spacial score (nSPS) is 34.8. The summed E-state index contributed by atoms with van der Waals surface area (Å²) in [4.78, 5) is 0. The van der Waals surface area contributed by atoms with Gasteiger partial charge in [0.25, 0.3) is 0 Å². The lowest BCUT2D eigenvalue weighted by molar-refractivity contribution is 0.424. The number of hydrogen-bond acceptors (Lipinski definition) is 0. The van der Waals surface area contributed by atoms with Crippen molar-refractivity contribution in [1.29, 1.82) is 0 Å². The van der Waals surface area contributed by atoms with Gasteiger partial charge in [-0.1, -0.05) is 25.8 Å². The Labute approximate surface area is 58.0 Å². The number of rotatable bonds is 2. The Morgan fingerprint density at radius 2 is 2.33 bits per heavy atom. The van der Waals surface area contributed by atoms with Gasteiger partial charge in [0.05, 0.1) is 0 Å². The summed E-state index contributed by atoms with van der Waals surface area (Å²) in [6.45, 7) is 6.12. The minimum Gasteiger partial charge on any atom is -0.103 e. The second-order valence-electron chi connectivity index (χ2n) is 3.19. The lowest BCUT2D eigenvalue weighted by atomic mass is 9.95. The molecule has 0 heteroatoms. The third-order valence-corrected chi connectivity index (χ3v) is 2.51. The summed E-state index contributed by atoms with van der Waals surface area (Å²) in [5, 5.41) is 0. The summed E-state index contributed by atoms with van der Waals surface area (Å²) in [5.74, 6) is 1.92. The molecule has 0 saturated heterocycles. The highest BCUT2D eigenvalue weighted by molar-refractivity contribution is 4.80. The maximum Gasteiger partial charge on any atom is -0.0322 e. The number of allylic oxidation sites excluding steroid dienone is 1. The molecule has 0 radical (unpaired) electrons. The summed E-state index contributed by atoms with van der Waals surface area (Å²) < 4.78 is 0. The molecule has 1 fully saturated rings. The van der Waals surface area contributed by atoms with Crippen molar-refractivity contribution >= 4 is 0 Å². The van der Waals surface area contributed by atoms with E-state index in [2.05, 4.69) is 19.6 Å². The van der Waals surface area contributed by atoms with E-state index in [0.717, 1.165) is 11.8 Å². The Hall–Kier alpha value is -0.260. The highest BCUT2D eigenvalue weighted by Gasteiger charge is 2.21. The quantitative estimate of drug-likeness (QED) is 0.496. The van der Waals surface area contributed by atoms with Gasteiger partial charge in [0.15, 0.2) is 0 Å². The van der Waals surface area contributed by atoms with Gasteiger partial charge in [-0.3, -0.25) is 0 Å². The minimum atomic E-state index is 0.961. The van der Waals surface area contributed by atoms with E-state index in [4.69, 9.17) is 0 Å². The van der Waals surface area contributed by atoms with Crippen molar-refractivity contribution < 1.29 is 0 Å². The molecule has 0 nitrogen and oxygen atoms in total. The van der Waals surface area contributed by atoms with Crippen LogP contribution >= 0.6 is 0 Å². The molecular weight excluding hydrogens is 108 g/mol. The van der Waals surface area contributed by atoms with Gasteiger partial charge in [-0.25, -0.2) is 0 Å². The molecule has 52 valence electrons. The van der Waals surface area contributed by atoms with Crippen LogP contribution in [0.15, 0.2) is 12.7 Å². The van der Waals surface area contributed by atoms with Gasteiger partial charge in [-0.2, -0.15) is 0 Å². The van der Waals surface area contributed by atoms with Crippen molar-refractivity contribution in [1.82, 2.24) is 0 Å². The predicted molar refractivity (Wildman–Crippen MR) is 41.3 cm³/mol. The fraction of sp³-hybridized carbons (Fsp3) is 0.778. The molecule has 0 spiro atoms. The van der Waals surface area contributed by atoms with Crippen LogP contribution in [0, 0.1) is 11.8 Å². The van der Waals surface area contributed by atoms with Crippen molar-refractivity contribution in [3.63, 3.8) is 0 Å².